The third-order valence-corrected chi connectivity index (χ3v) is 4.43. The average molecular weight is 398 g/mol. The number of hydrogen-bond acceptors (Lipinski definition) is 6. The second kappa shape index (κ2) is 8.64. The van der Waals surface area contributed by atoms with Crippen molar-refractivity contribution in [3.63, 3.8) is 0 Å². The topological polar surface area (TPSA) is 98.1 Å². The van der Waals surface area contributed by atoms with E-state index < -0.39 is 17.9 Å². The minimum absolute atomic E-state index is 0.00465. The van der Waals surface area contributed by atoms with E-state index in [1.165, 1.54) is 19.2 Å². The zero-order chi connectivity index (χ0) is 21.0. The molecule has 8 nitrogen and oxygen atoms in total. The molecule has 0 aliphatic carbocycles. The third-order valence-electron chi connectivity index (χ3n) is 4.43. The highest BCUT2D eigenvalue weighted by Gasteiger charge is 2.34. The van der Waals surface area contributed by atoms with E-state index in [0.717, 1.165) is 22.6 Å². The number of carbonyl (C=O) groups excluding carboxylic acids is 3. The number of rotatable bonds is 7. The van der Waals surface area contributed by atoms with E-state index in [0.29, 0.717) is 5.76 Å². The van der Waals surface area contributed by atoms with Gasteiger partial charge >= 0.3 is 12.0 Å². The molecular formula is C21H22N2O6. The average Bonchev–Trinajstić information content (AvgIpc) is 3.29. The summed E-state index contributed by atoms with van der Waals surface area (Å²) in [6.45, 7) is 3.94. The summed E-state index contributed by atoms with van der Waals surface area (Å²) in [5.74, 6) is -0.0726. The van der Waals surface area contributed by atoms with Crippen molar-refractivity contribution in [2.75, 3.05) is 7.11 Å². The highest BCUT2D eigenvalue weighted by molar-refractivity contribution is 6.13. The highest BCUT2D eigenvalue weighted by atomic mass is 16.5. The zero-order valence-corrected chi connectivity index (χ0v) is 16.4. The van der Waals surface area contributed by atoms with Gasteiger partial charge in [0.25, 0.3) is 5.91 Å². The summed E-state index contributed by atoms with van der Waals surface area (Å²) < 4.78 is 15.6. The second-order valence-corrected chi connectivity index (χ2v) is 6.54. The van der Waals surface area contributed by atoms with Gasteiger partial charge in [-0.25, -0.2) is 9.59 Å². The van der Waals surface area contributed by atoms with Crippen LogP contribution in [0.2, 0.25) is 0 Å². The molecule has 1 unspecified atom stereocenters. The predicted octanol–water partition coefficient (Wildman–Crippen LogP) is 3.34. The summed E-state index contributed by atoms with van der Waals surface area (Å²) in [7, 11) is 1.24. The number of esters is 1. The summed E-state index contributed by atoms with van der Waals surface area (Å²) in [6, 6.07) is 9.63. The quantitative estimate of drug-likeness (QED) is 0.436. The molecule has 2 aromatic rings. The van der Waals surface area contributed by atoms with Crippen LogP contribution >= 0.6 is 0 Å². The van der Waals surface area contributed by atoms with Crippen LogP contribution in [-0.2, 0) is 16.1 Å². The molecule has 2 heterocycles. The number of hydrogen-bond donors (Lipinski definition) is 1. The molecule has 0 bridgehead atoms. The Morgan fingerprint density at radius 3 is 2.59 bits per heavy atom. The second-order valence-electron chi connectivity index (χ2n) is 6.54. The Bertz CT molecular complexity index is 944. The third kappa shape index (κ3) is 4.66. The Morgan fingerprint density at radius 1 is 1.21 bits per heavy atom. The Morgan fingerprint density at radius 2 is 1.93 bits per heavy atom. The minimum atomic E-state index is -0.630. The maximum atomic E-state index is 12.6. The molecule has 1 aliphatic heterocycles. The number of urea groups is 1. The fourth-order valence-corrected chi connectivity index (χ4v) is 2.67. The van der Waals surface area contributed by atoms with Gasteiger partial charge in [0, 0.05) is 0 Å². The van der Waals surface area contributed by atoms with Crippen LogP contribution in [0.3, 0.4) is 0 Å². The van der Waals surface area contributed by atoms with E-state index in [9.17, 15) is 14.4 Å². The lowest BCUT2D eigenvalue weighted by molar-refractivity contribution is -0.123. The van der Waals surface area contributed by atoms with E-state index in [1.807, 2.05) is 38.1 Å². The molecule has 1 aromatic heterocycles. The molecule has 152 valence electrons. The number of nitrogens with zero attached hydrogens (tertiary/aromatic N) is 1. The number of carbonyl (C=O) groups is 3. The van der Waals surface area contributed by atoms with Gasteiger partial charge in [-0.05, 0) is 49.2 Å². The predicted molar refractivity (Wildman–Crippen MR) is 104 cm³/mol. The highest BCUT2D eigenvalue weighted by Crippen LogP contribution is 2.20. The fourth-order valence-electron chi connectivity index (χ4n) is 2.67. The Balaban J connectivity index is 1.69. The molecule has 1 aromatic carbocycles. The van der Waals surface area contributed by atoms with Crippen molar-refractivity contribution in [3.05, 3.63) is 59.2 Å². The molecule has 3 rings (SSSR count). The number of amides is 3. The van der Waals surface area contributed by atoms with Gasteiger partial charge < -0.3 is 19.2 Å². The van der Waals surface area contributed by atoms with Gasteiger partial charge in [0.2, 0.25) is 5.76 Å². The largest absolute Gasteiger partial charge is 0.491 e. The molecule has 0 saturated carbocycles. The molecule has 1 saturated heterocycles. The lowest BCUT2D eigenvalue weighted by atomic mass is 10.2. The molecule has 1 N–H and O–H groups in total. The molecule has 8 heteroatoms. The van der Waals surface area contributed by atoms with E-state index in [2.05, 4.69) is 10.1 Å². The van der Waals surface area contributed by atoms with E-state index in [1.54, 1.807) is 6.08 Å². The van der Waals surface area contributed by atoms with Crippen molar-refractivity contribution in [3.8, 4) is 5.75 Å². The maximum Gasteiger partial charge on any atom is 0.373 e. The Hall–Kier alpha value is -3.55. The molecule has 0 spiro atoms. The van der Waals surface area contributed by atoms with Crippen LogP contribution in [-0.4, -0.2) is 36.0 Å². The van der Waals surface area contributed by atoms with Crippen molar-refractivity contribution in [1.82, 2.24) is 10.2 Å². The fraction of sp³-hybridized carbons (Fsp3) is 0.286. The number of nitrogens with one attached hydrogen (secondary N) is 1. The normalized spacial score (nSPS) is 16.1. The van der Waals surface area contributed by atoms with E-state index in [4.69, 9.17) is 9.15 Å². The standard InChI is InChI=1S/C21H22N2O6/c1-4-13(2)28-15-7-5-14(6-8-15)11-17-19(24)23(21(26)22-17)12-16-9-10-18(29-16)20(25)27-3/h5-11,13H,4,12H2,1-3H3,(H,22,26). The summed E-state index contributed by atoms with van der Waals surface area (Å²) >= 11 is 0. The van der Waals surface area contributed by atoms with Crippen molar-refractivity contribution >= 4 is 24.0 Å². The Labute approximate surface area is 168 Å². The van der Waals surface area contributed by atoms with Crippen LogP contribution in [0.25, 0.3) is 6.08 Å². The van der Waals surface area contributed by atoms with Crippen LogP contribution in [0.1, 0.15) is 42.1 Å². The number of ether oxygens (including phenoxy) is 2. The number of methoxy groups -OCH3 is 1. The van der Waals surface area contributed by atoms with Gasteiger partial charge in [0.1, 0.15) is 17.2 Å². The van der Waals surface area contributed by atoms with Crippen LogP contribution in [0, 0.1) is 0 Å². The number of benzene rings is 1. The van der Waals surface area contributed by atoms with Crippen LogP contribution in [0.4, 0.5) is 4.79 Å². The number of furan rings is 1. The maximum absolute atomic E-state index is 12.6. The van der Waals surface area contributed by atoms with Crippen molar-refractivity contribution in [2.24, 2.45) is 0 Å². The van der Waals surface area contributed by atoms with Gasteiger partial charge in [-0.2, -0.15) is 0 Å². The lowest BCUT2D eigenvalue weighted by Crippen LogP contribution is -2.30. The molecule has 29 heavy (non-hydrogen) atoms. The van der Waals surface area contributed by atoms with Gasteiger partial charge in [0.05, 0.1) is 19.8 Å². The smallest absolute Gasteiger partial charge is 0.373 e. The van der Waals surface area contributed by atoms with Gasteiger partial charge in [-0.3, -0.25) is 9.69 Å². The first-order chi connectivity index (χ1) is 13.9. The first-order valence-corrected chi connectivity index (χ1v) is 9.19. The lowest BCUT2D eigenvalue weighted by Gasteiger charge is -2.12. The summed E-state index contributed by atoms with van der Waals surface area (Å²) in [5.41, 5.74) is 0.906. The summed E-state index contributed by atoms with van der Waals surface area (Å²) in [6.07, 6.45) is 2.61. The summed E-state index contributed by atoms with van der Waals surface area (Å²) in [4.78, 5) is 37.2. The molecular weight excluding hydrogens is 376 g/mol. The molecule has 0 radical (unpaired) electrons. The molecule has 1 aliphatic rings. The van der Waals surface area contributed by atoms with Crippen molar-refractivity contribution < 1.29 is 28.3 Å². The van der Waals surface area contributed by atoms with E-state index in [-0.39, 0.29) is 24.1 Å². The Kier molecular flexibility index (Phi) is 6.01. The van der Waals surface area contributed by atoms with Crippen LogP contribution in [0.15, 0.2) is 46.5 Å². The van der Waals surface area contributed by atoms with Crippen LogP contribution in [0.5, 0.6) is 5.75 Å². The van der Waals surface area contributed by atoms with Gasteiger partial charge in [-0.15, -0.1) is 0 Å². The van der Waals surface area contributed by atoms with Gasteiger partial charge in [0.15, 0.2) is 0 Å². The molecule has 1 fully saturated rings. The van der Waals surface area contributed by atoms with Crippen LogP contribution < -0.4 is 10.1 Å². The van der Waals surface area contributed by atoms with Crippen molar-refractivity contribution in [1.29, 1.82) is 0 Å². The molecule has 3 amide bonds. The first kappa shape index (κ1) is 20.2. The summed E-state index contributed by atoms with van der Waals surface area (Å²) in [5, 5.41) is 2.55. The minimum Gasteiger partial charge on any atom is -0.491 e. The molecule has 1 atom stereocenters. The van der Waals surface area contributed by atoms with Crippen molar-refractivity contribution in [2.45, 2.75) is 32.9 Å². The first-order valence-electron chi connectivity index (χ1n) is 9.19. The zero-order valence-electron chi connectivity index (χ0n) is 16.4. The van der Waals surface area contributed by atoms with E-state index >= 15 is 0 Å². The number of imide groups is 1. The van der Waals surface area contributed by atoms with Gasteiger partial charge in [-0.1, -0.05) is 19.1 Å². The monoisotopic (exact) mass is 398 g/mol. The SMILES string of the molecule is CCC(C)Oc1ccc(C=C2NC(=O)N(Cc3ccc(C(=O)OC)o3)C2=O)cc1.